The molecule has 0 amide bonds. The molecule has 1 N–H and O–H groups in total. The van der Waals surface area contributed by atoms with Crippen LogP contribution in [-0.2, 0) is 11.3 Å². The highest BCUT2D eigenvalue weighted by molar-refractivity contribution is 5.51. The molecule has 1 aromatic carbocycles. The van der Waals surface area contributed by atoms with Crippen LogP contribution in [0, 0.1) is 17.8 Å². The molecule has 0 saturated heterocycles. The molecular weight excluding hydrogens is 246 g/mol. The summed E-state index contributed by atoms with van der Waals surface area (Å²) in [7, 11) is 1.76. The summed E-state index contributed by atoms with van der Waals surface area (Å²) in [6.45, 7) is 7.77. The van der Waals surface area contributed by atoms with Crippen LogP contribution in [0.2, 0.25) is 0 Å². The molecule has 1 saturated carbocycles. The SMILES string of the molecule is COCc1ccccc1NC1CC(C)CCC1C(C)C. The van der Waals surface area contributed by atoms with Crippen molar-refractivity contribution in [2.45, 2.75) is 52.7 Å². The Morgan fingerprint density at radius 3 is 2.70 bits per heavy atom. The van der Waals surface area contributed by atoms with Crippen molar-refractivity contribution < 1.29 is 4.74 Å². The van der Waals surface area contributed by atoms with E-state index in [4.69, 9.17) is 4.74 Å². The molecule has 0 bridgehead atoms. The minimum absolute atomic E-state index is 0.594. The molecule has 0 spiro atoms. The molecule has 0 aromatic heterocycles. The topological polar surface area (TPSA) is 21.3 Å². The van der Waals surface area contributed by atoms with Crippen LogP contribution >= 0.6 is 0 Å². The third-order valence-corrected chi connectivity index (χ3v) is 4.68. The molecule has 2 heteroatoms. The highest BCUT2D eigenvalue weighted by Gasteiger charge is 2.30. The standard InChI is InChI=1S/C18H29NO/c1-13(2)16-10-9-14(3)11-18(16)19-17-8-6-5-7-15(17)12-20-4/h5-8,13-14,16,18-19H,9-12H2,1-4H3. The van der Waals surface area contributed by atoms with Gasteiger partial charge in [0.1, 0.15) is 0 Å². The van der Waals surface area contributed by atoms with Gasteiger partial charge < -0.3 is 10.1 Å². The van der Waals surface area contributed by atoms with Crippen LogP contribution in [-0.4, -0.2) is 13.2 Å². The molecule has 0 heterocycles. The van der Waals surface area contributed by atoms with Gasteiger partial charge in [-0.3, -0.25) is 0 Å². The lowest BCUT2D eigenvalue weighted by Gasteiger charge is -2.38. The van der Waals surface area contributed by atoms with Crippen LogP contribution in [0.1, 0.15) is 45.6 Å². The summed E-state index contributed by atoms with van der Waals surface area (Å²) in [6, 6.07) is 9.13. The lowest BCUT2D eigenvalue weighted by atomic mass is 9.74. The van der Waals surface area contributed by atoms with E-state index in [9.17, 15) is 0 Å². The summed E-state index contributed by atoms with van der Waals surface area (Å²) in [5, 5.41) is 3.82. The normalized spacial score (nSPS) is 26.8. The van der Waals surface area contributed by atoms with Crippen LogP contribution in [0.4, 0.5) is 5.69 Å². The van der Waals surface area contributed by atoms with Crippen molar-refractivity contribution >= 4 is 5.69 Å². The van der Waals surface area contributed by atoms with E-state index in [2.05, 4.69) is 50.4 Å². The van der Waals surface area contributed by atoms with Crippen molar-refractivity contribution in [3.63, 3.8) is 0 Å². The zero-order valence-corrected chi connectivity index (χ0v) is 13.4. The van der Waals surface area contributed by atoms with Gasteiger partial charge >= 0.3 is 0 Å². The van der Waals surface area contributed by atoms with E-state index in [0.29, 0.717) is 12.6 Å². The van der Waals surface area contributed by atoms with E-state index >= 15 is 0 Å². The molecule has 3 unspecified atom stereocenters. The van der Waals surface area contributed by atoms with Crippen LogP contribution in [0.25, 0.3) is 0 Å². The van der Waals surface area contributed by atoms with E-state index in [1.54, 1.807) is 7.11 Å². The van der Waals surface area contributed by atoms with E-state index in [1.807, 2.05) is 0 Å². The second-order valence-corrected chi connectivity index (χ2v) is 6.67. The largest absolute Gasteiger partial charge is 0.382 e. The molecule has 1 aliphatic carbocycles. The second-order valence-electron chi connectivity index (χ2n) is 6.67. The Balaban J connectivity index is 2.13. The Kier molecular flexibility index (Phi) is 5.47. The monoisotopic (exact) mass is 275 g/mol. The first-order chi connectivity index (χ1) is 9.61. The van der Waals surface area contributed by atoms with Crippen molar-refractivity contribution in [2.24, 2.45) is 17.8 Å². The van der Waals surface area contributed by atoms with Gasteiger partial charge in [0.25, 0.3) is 0 Å². The summed E-state index contributed by atoms with van der Waals surface area (Å²) in [5.41, 5.74) is 2.51. The molecular formula is C18H29NO. The first-order valence-electron chi connectivity index (χ1n) is 7.95. The van der Waals surface area contributed by atoms with Gasteiger partial charge in [-0.2, -0.15) is 0 Å². The number of nitrogens with one attached hydrogen (secondary N) is 1. The number of hydrogen-bond acceptors (Lipinski definition) is 2. The summed E-state index contributed by atoms with van der Waals surface area (Å²) in [5.74, 6) is 2.36. The Labute approximate surface area is 123 Å². The average Bonchev–Trinajstić information content (AvgIpc) is 2.41. The highest BCUT2D eigenvalue weighted by Crippen LogP contribution is 2.35. The summed E-state index contributed by atoms with van der Waals surface area (Å²) in [6.07, 6.45) is 4.01. The predicted molar refractivity (Wildman–Crippen MR) is 85.9 cm³/mol. The number of hydrogen-bond donors (Lipinski definition) is 1. The maximum Gasteiger partial charge on any atom is 0.0733 e. The van der Waals surface area contributed by atoms with Gasteiger partial charge in [-0.25, -0.2) is 0 Å². The minimum Gasteiger partial charge on any atom is -0.382 e. The van der Waals surface area contributed by atoms with Gasteiger partial charge in [-0.15, -0.1) is 0 Å². The quantitative estimate of drug-likeness (QED) is 0.840. The lowest BCUT2D eigenvalue weighted by molar-refractivity contribution is 0.184. The lowest BCUT2D eigenvalue weighted by Crippen LogP contribution is -2.38. The van der Waals surface area contributed by atoms with E-state index in [-0.39, 0.29) is 0 Å². The van der Waals surface area contributed by atoms with Crippen LogP contribution in [0.15, 0.2) is 24.3 Å². The molecule has 1 aliphatic rings. The number of para-hydroxylation sites is 1. The van der Waals surface area contributed by atoms with Gasteiger partial charge in [0.2, 0.25) is 0 Å². The first kappa shape index (κ1) is 15.4. The molecule has 2 nitrogen and oxygen atoms in total. The maximum absolute atomic E-state index is 5.31. The average molecular weight is 275 g/mol. The molecule has 0 aliphatic heterocycles. The Hall–Kier alpha value is -1.02. The number of ether oxygens (including phenoxy) is 1. The third-order valence-electron chi connectivity index (χ3n) is 4.68. The Morgan fingerprint density at radius 1 is 1.25 bits per heavy atom. The van der Waals surface area contributed by atoms with Crippen molar-refractivity contribution in [1.29, 1.82) is 0 Å². The van der Waals surface area contributed by atoms with Gasteiger partial charge in [-0.05, 0) is 36.7 Å². The highest BCUT2D eigenvalue weighted by atomic mass is 16.5. The second kappa shape index (κ2) is 7.12. The van der Waals surface area contributed by atoms with Gasteiger partial charge in [0.05, 0.1) is 6.61 Å². The molecule has 20 heavy (non-hydrogen) atoms. The van der Waals surface area contributed by atoms with Crippen LogP contribution in [0.5, 0.6) is 0 Å². The van der Waals surface area contributed by atoms with Crippen LogP contribution in [0.3, 0.4) is 0 Å². The van der Waals surface area contributed by atoms with Crippen molar-refractivity contribution in [1.82, 2.24) is 0 Å². The molecule has 1 fully saturated rings. The number of rotatable bonds is 5. The zero-order chi connectivity index (χ0) is 14.5. The fourth-order valence-electron chi connectivity index (χ4n) is 3.51. The third kappa shape index (κ3) is 3.76. The van der Waals surface area contributed by atoms with E-state index < -0.39 is 0 Å². The van der Waals surface area contributed by atoms with Gasteiger partial charge in [-0.1, -0.05) is 45.4 Å². The predicted octanol–water partition coefficient (Wildman–Crippen LogP) is 4.71. The molecule has 0 radical (unpaired) electrons. The number of methoxy groups -OCH3 is 1. The minimum atomic E-state index is 0.594. The van der Waals surface area contributed by atoms with Crippen molar-refractivity contribution in [3.8, 4) is 0 Å². The van der Waals surface area contributed by atoms with Crippen LogP contribution < -0.4 is 5.32 Å². The fraction of sp³-hybridized carbons (Fsp3) is 0.667. The Bertz CT molecular complexity index is 416. The smallest absolute Gasteiger partial charge is 0.0733 e. The molecule has 3 atom stereocenters. The number of benzene rings is 1. The van der Waals surface area contributed by atoms with E-state index in [1.165, 1.54) is 30.5 Å². The van der Waals surface area contributed by atoms with Gasteiger partial charge in [0.15, 0.2) is 0 Å². The molecule has 1 aromatic rings. The van der Waals surface area contributed by atoms with Gasteiger partial charge in [0, 0.05) is 24.4 Å². The maximum atomic E-state index is 5.31. The van der Waals surface area contributed by atoms with E-state index in [0.717, 1.165) is 17.8 Å². The Morgan fingerprint density at radius 2 is 2.00 bits per heavy atom. The fourth-order valence-corrected chi connectivity index (χ4v) is 3.51. The molecule has 112 valence electrons. The zero-order valence-electron chi connectivity index (χ0n) is 13.4. The molecule has 2 rings (SSSR count). The number of anilines is 1. The summed E-state index contributed by atoms with van der Waals surface area (Å²) < 4.78 is 5.31. The summed E-state index contributed by atoms with van der Waals surface area (Å²) in [4.78, 5) is 0. The summed E-state index contributed by atoms with van der Waals surface area (Å²) >= 11 is 0. The first-order valence-corrected chi connectivity index (χ1v) is 7.95. The van der Waals surface area contributed by atoms with Crippen molar-refractivity contribution in [2.75, 3.05) is 12.4 Å². The van der Waals surface area contributed by atoms with Crippen molar-refractivity contribution in [3.05, 3.63) is 29.8 Å².